The van der Waals surface area contributed by atoms with Gasteiger partial charge in [0.15, 0.2) is 0 Å². The molecule has 0 spiro atoms. The minimum Gasteiger partial charge on any atom is -0.473 e. The first kappa shape index (κ1) is 26.0. The Morgan fingerprint density at radius 2 is 1.09 bits per heavy atom. The van der Waals surface area contributed by atoms with Crippen molar-refractivity contribution in [3.8, 4) is 0 Å². The van der Waals surface area contributed by atoms with Gasteiger partial charge in [0.2, 0.25) is 0 Å². The Kier molecular flexibility index (Phi) is 11.9. The maximum atomic E-state index is 9.10. The van der Waals surface area contributed by atoms with Gasteiger partial charge in [0, 0.05) is 25.5 Å². The number of carboxylic acid groups (broad SMARTS) is 2. The Morgan fingerprint density at radius 3 is 1.38 bits per heavy atom. The second-order valence-corrected chi connectivity index (χ2v) is 6.62. The molecule has 0 aliphatic carbocycles. The second kappa shape index (κ2) is 15.5. The van der Waals surface area contributed by atoms with Gasteiger partial charge < -0.3 is 29.7 Å². The van der Waals surface area contributed by atoms with E-state index in [0.29, 0.717) is 0 Å². The van der Waals surface area contributed by atoms with Gasteiger partial charge in [-0.2, -0.15) is 0 Å². The summed E-state index contributed by atoms with van der Waals surface area (Å²) in [6, 6.07) is 19.5. The number of carbonyl (C=O) groups is 2. The highest BCUT2D eigenvalue weighted by Crippen LogP contribution is 2.00. The van der Waals surface area contributed by atoms with Crippen LogP contribution < -0.4 is 10.6 Å². The number of hydrogen-bond donors (Lipinski definition) is 4. The highest BCUT2D eigenvalue weighted by Gasteiger charge is 2.04. The lowest BCUT2D eigenvalue weighted by atomic mass is 10.3. The van der Waals surface area contributed by atoms with Crippen LogP contribution in [0.1, 0.15) is 22.9 Å². The normalized spacial score (nSPS) is 9.76. The van der Waals surface area contributed by atoms with E-state index in [1.165, 1.54) is 0 Å². The molecule has 4 N–H and O–H groups in total. The maximum Gasteiger partial charge on any atom is 0.414 e. The molecule has 0 saturated heterocycles. The molecule has 34 heavy (non-hydrogen) atoms. The van der Waals surface area contributed by atoms with E-state index in [1.807, 2.05) is 60.7 Å². The molecule has 0 bridgehead atoms. The van der Waals surface area contributed by atoms with Gasteiger partial charge in [-0.3, -0.25) is 9.97 Å². The molecule has 4 aromatic heterocycles. The fourth-order valence-corrected chi connectivity index (χ4v) is 2.46. The van der Waals surface area contributed by atoms with Crippen LogP contribution >= 0.6 is 0 Å². The Bertz CT molecular complexity index is 968. The molecule has 0 saturated carbocycles. The number of furan rings is 2. The Morgan fingerprint density at radius 1 is 0.647 bits per heavy atom. The molecule has 0 aromatic carbocycles. The lowest BCUT2D eigenvalue weighted by Gasteiger charge is -2.01. The summed E-state index contributed by atoms with van der Waals surface area (Å²) in [5, 5.41) is 21.3. The number of pyridine rings is 2. The van der Waals surface area contributed by atoms with E-state index < -0.39 is 11.9 Å². The number of aromatic nitrogens is 2. The van der Waals surface area contributed by atoms with Gasteiger partial charge in [0.25, 0.3) is 0 Å². The van der Waals surface area contributed by atoms with Gasteiger partial charge in [0.1, 0.15) is 11.5 Å². The molecule has 10 heteroatoms. The van der Waals surface area contributed by atoms with Crippen LogP contribution in [0.2, 0.25) is 0 Å². The third kappa shape index (κ3) is 11.4. The fraction of sp³-hybridized carbons (Fsp3) is 0.167. The van der Waals surface area contributed by atoms with E-state index in [2.05, 4.69) is 20.6 Å². The molecule has 4 heterocycles. The van der Waals surface area contributed by atoms with Crippen LogP contribution in [0, 0.1) is 0 Å². The van der Waals surface area contributed by atoms with Crippen molar-refractivity contribution in [1.29, 1.82) is 0 Å². The van der Waals surface area contributed by atoms with Crippen LogP contribution in [0.4, 0.5) is 0 Å². The van der Waals surface area contributed by atoms with Crippen molar-refractivity contribution in [1.82, 2.24) is 20.6 Å². The van der Waals surface area contributed by atoms with E-state index in [4.69, 9.17) is 28.6 Å². The zero-order valence-electron chi connectivity index (χ0n) is 18.3. The SMILES string of the molecule is O=C(O)C(=O)O.c1ccc(CNCc2ccco2)nc1.c1ccc(CNCc2ccco2)nc1. The molecular formula is C24H26N4O6. The highest BCUT2D eigenvalue weighted by atomic mass is 16.4. The van der Waals surface area contributed by atoms with Gasteiger partial charge >= 0.3 is 11.9 Å². The molecule has 4 rings (SSSR count). The monoisotopic (exact) mass is 466 g/mol. The number of rotatable bonds is 8. The number of nitrogens with one attached hydrogen (secondary N) is 2. The standard InChI is InChI=1S/2C11H12N2O.C2H2O4/c2*1-2-6-13-10(4-1)8-12-9-11-5-3-7-14-11;3-1(4)2(5)6/h2*1-7,12H,8-9H2;(H,3,4)(H,5,6). The molecule has 0 aliphatic rings. The highest BCUT2D eigenvalue weighted by molar-refractivity contribution is 6.27. The summed E-state index contributed by atoms with van der Waals surface area (Å²) >= 11 is 0. The van der Waals surface area contributed by atoms with Gasteiger partial charge in [-0.15, -0.1) is 0 Å². The molecule has 0 amide bonds. The molecule has 0 radical (unpaired) electrons. The fourth-order valence-electron chi connectivity index (χ4n) is 2.46. The first-order chi connectivity index (χ1) is 16.5. The lowest BCUT2D eigenvalue weighted by Crippen LogP contribution is -2.12. The summed E-state index contributed by atoms with van der Waals surface area (Å²) in [5.74, 6) is -1.76. The minimum atomic E-state index is -1.82. The van der Waals surface area contributed by atoms with E-state index in [-0.39, 0.29) is 0 Å². The molecular weight excluding hydrogens is 440 g/mol. The summed E-state index contributed by atoms with van der Waals surface area (Å²) in [7, 11) is 0. The average Bonchev–Trinajstić information content (AvgIpc) is 3.56. The minimum absolute atomic E-state index is 0.740. The van der Waals surface area contributed by atoms with Crippen LogP contribution in [-0.4, -0.2) is 32.1 Å². The largest absolute Gasteiger partial charge is 0.473 e. The van der Waals surface area contributed by atoms with Crippen LogP contribution in [0.25, 0.3) is 0 Å². The molecule has 10 nitrogen and oxygen atoms in total. The smallest absolute Gasteiger partial charge is 0.414 e. The third-order valence-electron chi connectivity index (χ3n) is 4.01. The van der Waals surface area contributed by atoms with Crippen molar-refractivity contribution in [2.45, 2.75) is 26.2 Å². The molecule has 4 aromatic rings. The van der Waals surface area contributed by atoms with E-state index in [9.17, 15) is 0 Å². The van der Waals surface area contributed by atoms with Crippen molar-refractivity contribution in [3.05, 3.63) is 108 Å². The summed E-state index contributed by atoms with van der Waals surface area (Å²) in [5.41, 5.74) is 2.08. The van der Waals surface area contributed by atoms with Crippen molar-refractivity contribution < 1.29 is 28.6 Å². The van der Waals surface area contributed by atoms with Crippen LogP contribution in [0.15, 0.2) is 94.4 Å². The topological polar surface area (TPSA) is 151 Å². The number of carboxylic acids is 2. The van der Waals surface area contributed by atoms with E-state index >= 15 is 0 Å². The molecule has 0 unspecified atom stereocenters. The molecule has 0 atom stereocenters. The first-order valence-corrected chi connectivity index (χ1v) is 10.3. The van der Waals surface area contributed by atoms with Crippen molar-refractivity contribution in [2.75, 3.05) is 0 Å². The summed E-state index contributed by atoms with van der Waals surface area (Å²) in [4.78, 5) is 26.6. The zero-order valence-corrected chi connectivity index (χ0v) is 18.3. The predicted molar refractivity (Wildman–Crippen MR) is 122 cm³/mol. The third-order valence-corrected chi connectivity index (χ3v) is 4.01. The van der Waals surface area contributed by atoms with E-state index in [1.54, 1.807) is 24.9 Å². The second-order valence-electron chi connectivity index (χ2n) is 6.62. The average molecular weight is 466 g/mol. The Hall–Kier alpha value is -4.28. The Balaban J connectivity index is 0.000000196. The van der Waals surface area contributed by atoms with Crippen LogP contribution in [0.5, 0.6) is 0 Å². The van der Waals surface area contributed by atoms with Crippen LogP contribution in [-0.2, 0) is 35.8 Å². The summed E-state index contributed by atoms with van der Waals surface area (Å²) in [6.07, 6.45) is 6.95. The number of aliphatic carboxylic acids is 2. The quantitative estimate of drug-likeness (QED) is 0.285. The predicted octanol–water partition coefficient (Wildman–Crippen LogP) is 3.08. The van der Waals surface area contributed by atoms with Crippen molar-refractivity contribution in [2.24, 2.45) is 0 Å². The van der Waals surface area contributed by atoms with Crippen molar-refractivity contribution >= 4 is 11.9 Å². The van der Waals surface area contributed by atoms with E-state index in [0.717, 1.165) is 49.1 Å². The summed E-state index contributed by atoms with van der Waals surface area (Å²) < 4.78 is 10.4. The van der Waals surface area contributed by atoms with Gasteiger partial charge in [-0.05, 0) is 48.5 Å². The lowest BCUT2D eigenvalue weighted by molar-refractivity contribution is -0.159. The molecule has 178 valence electrons. The van der Waals surface area contributed by atoms with Gasteiger partial charge in [-0.1, -0.05) is 12.1 Å². The van der Waals surface area contributed by atoms with Crippen molar-refractivity contribution in [3.63, 3.8) is 0 Å². The summed E-state index contributed by atoms with van der Waals surface area (Å²) in [6.45, 7) is 3.01. The molecule has 0 aliphatic heterocycles. The first-order valence-electron chi connectivity index (χ1n) is 10.3. The Labute approximate surface area is 196 Å². The molecule has 0 fully saturated rings. The number of nitrogens with zero attached hydrogens (tertiary/aromatic N) is 2. The van der Waals surface area contributed by atoms with Crippen LogP contribution in [0.3, 0.4) is 0 Å². The zero-order chi connectivity index (χ0) is 24.4. The maximum absolute atomic E-state index is 9.10. The van der Waals surface area contributed by atoms with Gasteiger partial charge in [-0.25, -0.2) is 9.59 Å². The number of hydrogen-bond acceptors (Lipinski definition) is 8. The van der Waals surface area contributed by atoms with Gasteiger partial charge in [0.05, 0.1) is 37.0 Å².